The van der Waals surface area contributed by atoms with Crippen molar-refractivity contribution >= 4 is 23.3 Å². The van der Waals surface area contributed by atoms with Crippen LogP contribution in [0.25, 0.3) is 0 Å². The first-order valence-electron chi connectivity index (χ1n) is 10.0. The van der Waals surface area contributed by atoms with Crippen LogP contribution >= 0.6 is 0 Å². The van der Waals surface area contributed by atoms with Gasteiger partial charge >= 0.3 is 6.03 Å². The van der Waals surface area contributed by atoms with Gasteiger partial charge in [-0.1, -0.05) is 37.3 Å². The first kappa shape index (κ1) is 20.7. The fourth-order valence-corrected chi connectivity index (χ4v) is 3.45. The van der Waals surface area contributed by atoms with Crippen LogP contribution in [0.2, 0.25) is 0 Å². The van der Waals surface area contributed by atoms with Gasteiger partial charge in [-0.05, 0) is 36.4 Å². The van der Waals surface area contributed by atoms with Crippen LogP contribution < -0.4 is 20.9 Å². The van der Waals surface area contributed by atoms with Crippen LogP contribution in [-0.4, -0.2) is 56.6 Å². The average Bonchev–Trinajstić information content (AvgIpc) is 2.78. The van der Waals surface area contributed by atoms with Gasteiger partial charge in [0.05, 0.1) is 0 Å². The van der Waals surface area contributed by atoms with Gasteiger partial charge in [-0.25, -0.2) is 4.79 Å². The lowest BCUT2D eigenvalue weighted by Crippen LogP contribution is -2.46. The summed E-state index contributed by atoms with van der Waals surface area (Å²) >= 11 is 0. The van der Waals surface area contributed by atoms with Crippen LogP contribution in [0.3, 0.4) is 0 Å². The Morgan fingerprint density at radius 2 is 1.62 bits per heavy atom. The van der Waals surface area contributed by atoms with Gasteiger partial charge in [-0.2, -0.15) is 0 Å². The number of nitrogens with one attached hydrogen (secondary N) is 3. The summed E-state index contributed by atoms with van der Waals surface area (Å²) in [7, 11) is 1.48. The minimum absolute atomic E-state index is 0.407. The van der Waals surface area contributed by atoms with Gasteiger partial charge in [0, 0.05) is 44.6 Å². The number of nitrogens with zero attached hydrogens (tertiary/aromatic N) is 2. The van der Waals surface area contributed by atoms with Gasteiger partial charge < -0.3 is 20.4 Å². The van der Waals surface area contributed by atoms with E-state index in [9.17, 15) is 9.59 Å². The Morgan fingerprint density at radius 3 is 2.21 bits per heavy atom. The highest BCUT2D eigenvalue weighted by Gasteiger charge is 2.22. The molecule has 1 heterocycles. The van der Waals surface area contributed by atoms with Gasteiger partial charge in [0.1, 0.15) is 6.04 Å². The van der Waals surface area contributed by atoms with E-state index in [-0.39, 0.29) is 0 Å². The van der Waals surface area contributed by atoms with Crippen molar-refractivity contribution in [3.05, 3.63) is 60.2 Å². The number of hydrogen-bond donors (Lipinski definition) is 3. The highest BCUT2D eigenvalue weighted by atomic mass is 16.2. The third kappa shape index (κ3) is 5.48. The number of amides is 3. The number of likely N-dealkylation sites (N-methyl/N-ethyl adjacent to an activating group) is 1. The first-order chi connectivity index (χ1) is 14.1. The topological polar surface area (TPSA) is 76.7 Å². The molecule has 1 aliphatic rings. The molecule has 3 N–H and O–H groups in total. The molecule has 154 valence electrons. The number of rotatable bonds is 6. The maximum Gasteiger partial charge on any atom is 0.321 e. The zero-order valence-electron chi connectivity index (χ0n) is 17.0. The molecule has 7 heteroatoms. The molecule has 2 aromatic carbocycles. The molecule has 29 heavy (non-hydrogen) atoms. The summed E-state index contributed by atoms with van der Waals surface area (Å²) in [6, 6.07) is 16.3. The molecule has 0 saturated carbocycles. The van der Waals surface area contributed by atoms with Crippen LogP contribution in [-0.2, 0) is 4.79 Å². The second kappa shape index (κ2) is 9.93. The van der Waals surface area contributed by atoms with Gasteiger partial charge in [-0.3, -0.25) is 10.1 Å². The smallest absolute Gasteiger partial charge is 0.321 e. The van der Waals surface area contributed by atoms with E-state index < -0.39 is 18.0 Å². The maximum atomic E-state index is 12.6. The molecule has 1 aliphatic heterocycles. The minimum atomic E-state index is -0.674. The second-order valence-corrected chi connectivity index (χ2v) is 7.02. The van der Waals surface area contributed by atoms with E-state index in [1.807, 2.05) is 42.5 Å². The Balaban J connectivity index is 1.70. The lowest BCUT2D eigenvalue weighted by Gasteiger charge is -2.35. The predicted molar refractivity (Wildman–Crippen MR) is 116 cm³/mol. The van der Waals surface area contributed by atoms with E-state index in [4.69, 9.17) is 0 Å². The van der Waals surface area contributed by atoms with Crippen molar-refractivity contribution in [1.82, 2.24) is 15.5 Å². The monoisotopic (exact) mass is 395 g/mol. The first-order valence-corrected chi connectivity index (χ1v) is 10.0. The summed E-state index contributed by atoms with van der Waals surface area (Å²) in [6.07, 6.45) is 0. The lowest BCUT2D eigenvalue weighted by molar-refractivity contribution is -0.120. The summed E-state index contributed by atoms with van der Waals surface area (Å²) in [5.41, 5.74) is 2.79. The molecule has 1 fully saturated rings. The molecule has 1 saturated heterocycles. The van der Waals surface area contributed by atoms with Crippen molar-refractivity contribution in [1.29, 1.82) is 0 Å². The fraction of sp³-hybridized carbons (Fsp3) is 0.364. The molecule has 0 unspecified atom stereocenters. The molecule has 3 rings (SSSR count). The van der Waals surface area contributed by atoms with Crippen molar-refractivity contribution in [2.75, 3.05) is 50.0 Å². The van der Waals surface area contributed by atoms with Crippen LogP contribution in [0.4, 0.5) is 16.2 Å². The van der Waals surface area contributed by atoms with E-state index in [2.05, 4.69) is 44.8 Å². The number of anilines is 2. The molecule has 2 aromatic rings. The molecule has 3 amide bonds. The molecule has 0 spiro atoms. The summed E-state index contributed by atoms with van der Waals surface area (Å²) < 4.78 is 0. The largest absolute Gasteiger partial charge is 0.370 e. The number of urea groups is 1. The Bertz CT molecular complexity index is 802. The van der Waals surface area contributed by atoms with Gasteiger partial charge in [0.2, 0.25) is 0 Å². The van der Waals surface area contributed by atoms with Gasteiger partial charge in [0.15, 0.2) is 0 Å². The lowest BCUT2D eigenvalue weighted by atomic mass is 10.1. The van der Waals surface area contributed by atoms with Crippen molar-refractivity contribution in [2.24, 2.45) is 0 Å². The van der Waals surface area contributed by atoms with Crippen LogP contribution in [0, 0.1) is 0 Å². The number of piperazine rings is 1. The average molecular weight is 396 g/mol. The van der Waals surface area contributed by atoms with E-state index in [0.29, 0.717) is 0 Å². The zero-order valence-corrected chi connectivity index (χ0v) is 17.0. The molecule has 1 atom stereocenters. The Labute approximate surface area is 172 Å². The third-order valence-corrected chi connectivity index (χ3v) is 5.22. The zero-order chi connectivity index (χ0) is 20.6. The third-order valence-electron chi connectivity index (χ3n) is 5.22. The predicted octanol–water partition coefficient (Wildman–Crippen LogP) is 2.44. The van der Waals surface area contributed by atoms with E-state index in [1.165, 1.54) is 12.7 Å². The highest BCUT2D eigenvalue weighted by Crippen LogP contribution is 2.23. The Hall–Kier alpha value is -3.06. The van der Waals surface area contributed by atoms with Crippen LogP contribution in [0.5, 0.6) is 0 Å². The van der Waals surface area contributed by atoms with Crippen molar-refractivity contribution in [3.8, 4) is 0 Å². The molecule has 0 bridgehead atoms. The summed E-state index contributed by atoms with van der Waals surface area (Å²) in [5.74, 6) is -0.407. The Kier molecular flexibility index (Phi) is 7.08. The summed E-state index contributed by atoms with van der Waals surface area (Å²) in [4.78, 5) is 29.1. The molecular weight excluding hydrogens is 366 g/mol. The number of carbonyl (C=O) groups is 2. The number of carbonyl (C=O) groups excluding carboxylic acids is 2. The number of hydrogen-bond acceptors (Lipinski definition) is 5. The maximum absolute atomic E-state index is 12.6. The minimum Gasteiger partial charge on any atom is -0.370 e. The van der Waals surface area contributed by atoms with E-state index in [1.54, 1.807) is 0 Å². The van der Waals surface area contributed by atoms with E-state index in [0.717, 1.165) is 44.0 Å². The van der Waals surface area contributed by atoms with Gasteiger partial charge in [0.25, 0.3) is 5.91 Å². The van der Waals surface area contributed by atoms with Crippen LogP contribution in [0.1, 0.15) is 18.5 Å². The second-order valence-electron chi connectivity index (χ2n) is 7.02. The normalized spacial score (nSPS) is 15.4. The molecule has 0 aromatic heterocycles. The highest BCUT2D eigenvalue weighted by molar-refractivity contribution is 5.98. The fourth-order valence-electron chi connectivity index (χ4n) is 3.45. The molecule has 7 nitrogen and oxygen atoms in total. The quantitative estimate of drug-likeness (QED) is 0.700. The van der Waals surface area contributed by atoms with Crippen molar-refractivity contribution < 1.29 is 9.59 Å². The standard InChI is InChI=1S/C22H29N5O2/c1-3-26-13-15-27(16-14-26)19-11-9-18(10-12-19)24-20(17-7-5-4-6-8-17)21(28)25-22(29)23-2/h4-12,20,24H,3,13-16H2,1-2H3,(H2,23,25,28,29)/t20-/m1/s1. The Morgan fingerprint density at radius 1 is 0.966 bits per heavy atom. The molecule has 0 aliphatic carbocycles. The number of imide groups is 1. The number of benzene rings is 2. The SMILES string of the molecule is CCN1CCN(c2ccc(N[C@@H](C(=O)NC(=O)NC)c3ccccc3)cc2)CC1. The van der Waals surface area contributed by atoms with Crippen LogP contribution in [0.15, 0.2) is 54.6 Å². The van der Waals surface area contributed by atoms with Gasteiger partial charge in [-0.15, -0.1) is 0 Å². The van der Waals surface area contributed by atoms with E-state index >= 15 is 0 Å². The summed E-state index contributed by atoms with van der Waals surface area (Å²) in [5, 5.41) is 8.02. The molecule has 0 radical (unpaired) electrons. The summed E-state index contributed by atoms with van der Waals surface area (Å²) in [6.45, 7) is 7.47. The van der Waals surface area contributed by atoms with Crippen molar-refractivity contribution in [2.45, 2.75) is 13.0 Å². The molecular formula is C22H29N5O2. The van der Waals surface area contributed by atoms with Crippen molar-refractivity contribution in [3.63, 3.8) is 0 Å².